The molecule has 0 radical (unpaired) electrons. The van der Waals surface area contributed by atoms with Crippen LogP contribution in [0.5, 0.6) is 0 Å². The Bertz CT molecular complexity index is 558. The van der Waals surface area contributed by atoms with Crippen molar-refractivity contribution in [2.24, 2.45) is 0 Å². The molecule has 4 nitrogen and oxygen atoms in total. The van der Waals surface area contributed by atoms with Crippen LogP contribution in [0.3, 0.4) is 0 Å². The van der Waals surface area contributed by atoms with E-state index in [2.05, 4.69) is 63.5 Å². The summed E-state index contributed by atoms with van der Waals surface area (Å²) in [5, 5.41) is 5.21. The first kappa shape index (κ1) is 14.7. The molecule has 0 amide bonds. The van der Waals surface area contributed by atoms with Crippen molar-refractivity contribution in [2.45, 2.75) is 13.5 Å². The van der Waals surface area contributed by atoms with Crippen molar-refractivity contribution in [1.29, 1.82) is 0 Å². The minimum atomic E-state index is 0.653. The highest BCUT2D eigenvalue weighted by atomic mass is 79.9. The molecule has 7 heteroatoms. The molecule has 2 rings (SSSR count). The predicted molar refractivity (Wildman–Crippen MR) is 88.0 cm³/mol. The SMILES string of the molecule is CCNc1ncc(Br)c(N(C)Cc2cc(Br)cs2)n1. The van der Waals surface area contributed by atoms with Crippen molar-refractivity contribution in [2.75, 3.05) is 23.8 Å². The summed E-state index contributed by atoms with van der Waals surface area (Å²) in [7, 11) is 2.02. The van der Waals surface area contributed by atoms with Gasteiger partial charge in [-0.2, -0.15) is 4.98 Å². The summed E-state index contributed by atoms with van der Waals surface area (Å²) in [5.74, 6) is 1.54. The number of halogens is 2. The molecule has 2 aromatic rings. The highest BCUT2D eigenvalue weighted by Gasteiger charge is 2.11. The van der Waals surface area contributed by atoms with E-state index in [1.807, 2.05) is 14.0 Å². The van der Waals surface area contributed by atoms with Crippen LogP contribution in [0.25, 0.3) is 0 Å². The summed E-state index contributed by atoms with van der Waals surface area (Å²) < 4.78 is 2.02. The van der Waals surface area contributed by atoms with E-state index in [0.717, 1.165) is 27.9 Å². The van der Waals surface area contributed by atoms with Crippen LogP contribution in [0.1, 0.15) is 11.8 Å². The smallest absolute Gasteiger partial charge is 0.224 e. The van der Waals surface area contributed by atoms with E-state index in [1.165, 1.54) is 4.88 Å². The summed E-state index contributed by atoms with van der Waals surface area (Å²) >= 11 is 8.70. The zero-order valence-corrected chi connectivity index (χ0v) is 14.6. The molecule has 0 atom stereocenters. The maximum atomic E-state index is 4.51. The van der Waals surface area contributed by atoms with Gasteiger partial charge in [0.15, 0.2) is 0 Å². The lowest BCUT2D eigenvalue weighted by Gasteiger charge is -2.19. The number of nitrogens with zero attached hydrogens (tertiary/aromatic N) is 3. The average molecular weight is 406 g/mol. The fraction of sp³-hybridized carbons (Fsp3) is 0.333. The molecular weight excluding hydrogens is 392 g/mol. The number of aromatic nitrogens is 2. The molecule has 0 fully saturated rings. The molecule has 102 valence electrons. The quantitative estimate of drug-likeness (QED) is 0.811. The molecule has 0 bridgehead atoms. The monoisotopic (exact) mass is 404 g/mol. The maximum absolute atomic E-state index is 4.51. The summed E-state index contributed by atoms with van der Waals surface area (Å²) in [6, 6.07) is 2.13. The van der Waals surface area contributed by atoms with Crippen LogP contribution in [0.2, 0.25) is 0 Å². The average Bonchev–Trinajstić information content (AvgIpc) is 2.77. The second-order valence-corrected chi connectivity index (χ2v) is 6.75. The topological polar surface area (TPSA) is 41.1 Å². The van der Waals surface area contributed by atoms with Crippen LogP contribution in [-0.2, 0) is 6.54 Å². The number of nitrogens with one attached hydrogen (secondary N) is 1. The third-order valence-corrected chi connectivity index (χ3v) is 4.68. The summed E-state index contributed by atoms with van der Waals surface area (Å²) in [4.78, 5) is 12.1. The third kappa shape index (κ3) is 3.90. The molecule has 0 unspecified atom stereocenters. The van der Waals surface area contributed by atoms with Gasteiger partial charge in [0.25, 0.3) is 0 Å². The molecule has 0 aliphatic carbocycles. The molecule has 0 aliphatic rings. The van der Waals surface area contributed by atoms with Gasteiger partial charge in [-0.15, -0.1) is 11.3 Å². The molecule has 0 aromatic carbocycles. The molecule has 0 saturated heterocycles. The van der Waals surface area contributed by atoms with Crippen molar-refractivity contribution >= 4 is 55.0 Å². The number of rotatable bonds is 5. The van der Waals surface area contributed by atoms with Gasteiger partial charge in [0, 0.05) is 34.5 Å². The van der Waals surface area contributed by atoms with Gasteiger partial charge in [-0.1, -0.05) is 0 Å². The second kappa shape index (κ2) is 6.67. The van der Waals surface area contributed by atoms with Crippen molar-refractivity contribution in [3.8, 4) is 0 Å². The highest BCUT2D eigenvalue weighted by molar-refractivity contribution is 9.10. The van der Waals surface area contributed by atoms with Crippen LogP contribution in [-0.4, -0.2) is 23.6 Å². The van der Waals surface area contributed by atoms with Gasteiger partial charge >= 0.3 is 0 Å². The molecule has 2 aromatic heterocycles. The van der Waals surface area contributed by atoms with Crippen molar-refractivity contribution in [3.63, 3.8) is 0 Å². The zero-order chi connectivity index (χ0) is 13.8. The predicted octanol–water partition coefficient (Wildman–Crippen LogP) is 4.13. The summed E-state index contributed by atoms with van der Waals surface area (Å²) in [6.07, 6.45) is 1.78. The van der Waals surface area contributed by atoms with E-state index in [1.54, 1.807) is 17.5 Å². The fourth-order valence-corrected chi connectivity index (χ4v) is 3.61. The third-order valence-electron chi connectivity index (χ3n) is 2.44. The van der Waals surface area contributed by atoms with Crippen molar-refractivity contribution in [3.05, 3.63) is 31.5 Å². The molecule has 19 heavy (non-hydrogen) atoms. The van der Waals surface area contributed by atoms with E-state index >= 15 is 0 Å². The standard InChI is InChI=1S/C12H14Br2N4S/c1-3-15-12-16-5-10(14)11(17-12)18(2)6-9-4-8(13)7-19-9/h4-5,7H,3,6H2,1-2H3,(H,15,16,17). The van der Waals surface area contributed by atoms with Crippen LogP contribution in [0.4, 0.5) is 11.8 Å². The molecule has 0 spiro atoms. The maximum Gasteiger partial charge on any atom is 0.224 e. The molecule has 2 heterocycles. The van der Waals surface area contributed by atoms with E-state index in [9.17, 15) is 0 Å². The lowest BCUT2D eigenvalue weighted by molar-refractivity contribution is 0.897. The minimum absolute atomic E-state index is 0.653. The molecular formula is C12H14Br2N4S. The van der Waals surface area contributed by atoms with Gasteiger partial charge in [-0.25, -0.2) is 4.98 Å². The molecule has 1 N–H and O–H groups in total. The zero-order valence-electron chi connectivity index (χ0n) is 10.7. The Morgan fingerprint density at radius 1 is 1.42 bits per heavy atom. The number of anilines is 2. The molecule has 0 aliphatic heterocycles. The normalized spacial score (nSPS) is 10.5. The Kier molecular flexibility index (Phi) is 5.18. The van der Waals surface area contributed by atoms with Crippen LogP contribution in [0, 0.1) is 0 Å². The first-order valence-corrected chi connectivity index (χ1v) is 8.27. The van der Waals surface area contributed by atoms with Gasteiger partial charge < -0.3 is 10.2 Å². The highest BCUT2D eigenvalue weighted by Crippen LogP contribution is 2.27. The second-order valence-electron chi connectivity index (χ2n) is 3.98. The van der Waals surface area contributed by atoms with E-state index in [-0.39, 0.29) is 0 Å². The van der Waals surface area contributed by atoms with E-state index in [0.29, 0.717) is 5.95 Å². The van der Waals surface area contributed by atoms with Gasteiger partial charge in [-0.05, 0) is 44.8 Å². The number of thiophene rings is 1. The fourth-order valence-electron chi connectivity index (χ4n) is 1.61. The summed E-state index contributed by atoms with van der Waals surface area (Å²) in [6.45, 7) is 3.65. The molecule has 0 saturated carbocycles. The largest absolute Gasteiger partial charge is 0.354 e. The minimum Gasteiger partial charge on any atom is -0.354 e. The van der Waals surface area contributed by atoms with Gasteiger partial charge in [0.2, 0.25) is 5.95 Å². The van der Waals surface area contributed by atoms with Gasteiger partial charge in [-0.3, -0.25) is 0 Å². The Hall–Kier alpha value is -0.660. The van der Waals surface area contributed by atoms with E-state index < -0.39 is 0 Å². The summed E-state index contributed by atoms with van der Waals surface area (Å²) in [5.41, 5.74) is 0. The van der Waals surface area contributed by atoms with Crippen LogP contribution in [0.15, 0.2) is 26.6 Å². The Labute approximate surface area is 133 Å². The van der Waals surface area contributed by atoms with E-state index in [4.69, 9.17) is 0 Å². The van der Waals surface area contributed by atoms with Crippen LogP contribution >= 0.6 is 43.2 Å². The van der Waals surface area contributed by atoms with Crippen LogP contribution < -0.4 is 10.2 Å². The Morgan fingerprint density at radius 3 is 2.84 bits per heavy atom. The van der Waals surface area contributed by atoms with Gasteiger partial charge in [0.1, 0.15) is 5.82 Å². The first-order chi connectivity index (χ1) is 9.10. The first-order valence-electron chi connectivity index (χ1n) is 5.80. The number of hydrogen-bond acceptors (Lipinski definition) is 5. The van der Waals surface area contributed by atoms with Crippen molar-refractivity contribution < 1.29 is 0 Å². The lowest BCUT2D eigenvalue weighted by atomic mass is 10.4. The van der Waals surface area contributed by atoms with Crippen molar-refractivity contribution in [1.82, 2.24) is 9.97 Å². The Morgan fingerprint density at radius 2 is 2.21 bits per heavy atom. The Balaban J connectivity index is 2.17. The number of hydrogen-bond donors (Lipinski definition) is 1. The van der Waals surface area contributed by atoms with Gasteiger partial charge in [0.05, 0.1) is 11.0 Å². The lowest BCUT2D eigenvalue weighted by Crippen LogP contribution is -2.18.